The molecule has 11 heteroatoms. The third kappa shape index (κ3) is 2.15. The highest BCUT2D eigenvalue weighted by molar-refractivity contribution is 8.10. The summed E-state index contributed by atoms with van der Waals surface area (Å²) in [6.07, 6.45) is 2.12. The van der Waals surface area contributed by atoms with E-state index < -0.39 is 50.9 Å². The molecule has 0 saturated carbocycles. The Morgan fingerprint density at radius 1 is 0.909 bits per heavy atom. The van der Waals surface area contributed by atoms with E-state index in [4.69, 9.17) is 4.74 Å². The van der Waals surface area contributed by atoms with Crippen LogP contribution in [0.4, 0.5) is 0 Å². The molecule has 0 radical (unpaired) electrons. The van der Waals surface area contributed by atoms with Crippen LogP contribution in [0.5, 0.6) is 5.75 Å². The molecule has 0 amide bonds. The Morgan fingerprint density at radius 3 is 1.82 bits per heavy atom. The van der Waals surface area contributed by atoms with Gasteiger partial charge in [-0.15, -0.1) is 0 Å². The molecule has 0 bridgehead atoms. The predicted octanol–water partition coefficient (Wildman–Crippen LogP) is -0.749. The van der Waals surface area contributed by atoms with Crippen molar-refractivity contribution in [2.24, 2.45) is 0 Å². The molecule has 0 atom stereocenters. The number of carbonyl (C=O) groups is 1. The van der Waals surface area contributed by atoms with Gasteiger partial charge in [0.15, 0.2) is 29.5 Å². The highest BCUT2D eigenvalue weighted by atomic mass is 32.3. The van der Waals surface area contributed by atoms with Crippen molar-refractivity contribution >= 4 is 35.5 Å². The molecule has 122 valence electrons. The second kappa shape index (κ2) is 4.52. The van der Waals surface area contributed by atoms with Crippen molar-refractivity contribution in [2.75, 3.05) is 18.8 Å². The summed E-state index contributed by atoms with van der Waals surface area (Å²) in [7, 11) is -12.5. The molecule has 8 nitrogen and oxygen atoms in total. The van der Waals surface area contributed by atoms with Gasteiger partial charge in [0.25, 0.3) is 4.08 Å². The fourth-order valence-electron chi connectivity index (χ4n) is 2.34. The quantitative estimate of drug-likeness (QED) is 0.503. The van der Waals surface area contributed by atoms with E-state index in [9.17, 15) is 30.0 Å². The summed E-state index contributed by atoms with van der Waals surface area (Å²) in [6, 6.07) is 2.93. The highest BCUT2D eigenvalue weighted by Crippen LogP contribution is 2.47. The maximum absolute atomic E-state index is 12.1. The summed E-state index contributed by atoms with van der Waals surface area (Å²) in [5.74, 6) is -1.89. The van der Waals surface area contributed by atoms with Crippen LogP contribution in [0.2, 0.25) is 0 Å². The Morgan fingerprint density at radius 2 is 1.41 bits per heavy atom. The minimum Gasteiger partial charge on any atom is -0.424 e. The summed E-state index contributed by atoms with van der Waals surface area (Å²) in [5.41, 5.74) is -0.407. The Bertz CT molecular complexity index is 952. The lowest BCUT2D eigenvalue weighted by Crippen LogP contribution is -2.47. The third-order valence-corrected chi connectivity index (χ3v) is 9.04. The standard InChI is InChI=1S/C11H12O8S3/c1-20(13,14)7-4-5-8-9(6-7)19-10(12)11(8,21(2,15)16)22(3,17)18/h4-6H,1-3H3. The van der Waals surface area contributed by atoms with Crippen molar-refractivity contribution in [3.8, 4) is 5.75 Å². The Balaban J connectivity index is 2.94. The minimum atomic E-state index is -4.44. The first kappa shape index (κ1) is 16.9. The van der Waals surface area contributed by atoms with Crippen molar-refractivity contribution in [1.29, 1.82) is 0 Å². The molecule has 0 aromatic heterocycles. The Hall–Kier alpha value is -1.46. The zero-order chi connectivity index (χ0) is 17.1. The van der Waals surface area contributed by atoms with Crippen LogP contribution in [-0.2, 0) is 38.4 Å². The lowest BCUT2D eigenvalue weighted by atomic mass is 10.1. The van der Waals surface area contributed by atoms with E-state index in [0.29, 0.717) is 12.5 Å². The molecule has 0 unspecified atom stereocenters. The topological polar surface area (TPSA) is 129 Å². The number of carbonyl (C=O) groups excluding carboxylic acids is 1. The van der Waals surface area contributed by atoms with Crippen LogP contribution in [0.15, 0.2) is 23.1 Å². The summed E-state index contributed by atoms with van der Waals surface area (Å²) < 4.78 is 73.1. The average Bonchev–Trinajstić information content (AvgIpc) is 2.57. The lowest BCUT2D eigenvalue weighted by Gasteiger charge is -2.21. The molecule has 0 N–H and O–H groups in total. The van der Waals surface area contributed by atoms with Gasteiger partial charge in [-0.05, 0) is 12.1 Å². The second-order valence-electron chi connectivity index (χ2n) is 4.98. The SMILES string of the molecule is CS(=O)(=O)c1ccc2c(c1)OC(=O)C2(S(C)(=O)=O)S(C)(=O)=O. The van der Waals surface area contributed by atoms with E-state index >= 15 is 0 Å². The van der Waals surface area contributed by atoms with Gasteiger partial charge < -0.3 is 4.74 Å². The van der Waals surface area contributed by atoms with Crippen molar-refractivity contribution in [3.05, 3.63) is 23.8 Å². The first-order valence-electron chi connectivity index (χ1n) is 5.69. The molecule has 1 aliphatic heterocycles. The summed E-state index contributed by atoms with van der Waals surface area (Å²) >= 11 is 0. The largest absolute Gasteiger partial charge is 0.424 e. The first-order chi connectivity index (χ1) is 9.73. The van der Waals surface area contributed by atoms with Gasteiger partial charge in [0.2, 0.25) is 0 Å². The highest BCUT2D eigenvalue weighted by Gasteiger charge is 2.65. The predicted molar refractivity (Wildman–Crippen MR) is 76.6 cm³/mol. The zero-order valence-electron chi connectivity index (χ0n) is 11.7. The molecule has 1 aromatic rings. The molecule has 1 aromatic carbocycles. The molecular weight excluding hydrogens is 356 g/mol. The van der Waals surface area contributed by atoms with Gasteiger partial charge in [0.05, 0.1) is 4.90 Å². The van der Waals surface area contributed by atoms with Crippen molar-refractivity contribution in [3.63, 3.8) is 0 Å². The molecule has 2 rings (SSSR count). The first-order valence-corrected chi connectivity index (χ1v) is 11.4. The van der Waals surface area contributed by atoms with E-state index in [1.807, 2.05) is 0 Å². The van der Waals surface area contributed by atoms with Gasteiger partial charge in [-0.2, -0.15) is 0 Å². The monoisotopic (exact) mass is 368 g/mol. The number of esters is 1. The number of rotatable bonds is 3. The van der Waals surface area contributed by atoms with Gasteiger partial charge >= 0.3 is 5.97 Å². The summed E-state index contributed by atoms with van der Waals surface area (Å²) in [5, 5.41) is 0. The fraction of sp³-hybridized carbons (Fsp3) is 0.364. The van der Waals surface area contributed by atoms with Crippen LogP contribution in [0, 0.1) is 0 Å². The van der Waals surface area contributed by atoms with Crippen LogP contribution in [-0.4, -0.2) is 50.0 Å². The maximum Gasteiger partial charge on any atom is 0.353 e. The number of hydrogen-bond donors (Lipinski definition) is 0. The lowest BCUT2D eigenvalue weighted by molar-refractivity contribution is -0.133. The van der Waals surface area contributed by atoms with Crippen molar-refractivity contribution in [2.45, 2.75) is 8.97 Å². The van der Waals surface area contributed by atoms with E-state index in [2.05, 4.69) is 0 Å². The fourth-order valence-corrected chi connectivity index (χ4v) is 7.01. The smallest absolute Gasteiger partial charge is 0.353 e. The van der Waals surface area contributed by atoms with Crippen LogP contribution < -0.4 is 4.74 Å². The van der Waals surface area contributed by atoms with Crippen LogP contribution in [0.1, 0.15) is 5.56 Å². The summed E-state index contributed by atoms with van der Waals surface area (Å²) in [6.45, 7) is 0. The summed E-state index contributed by atoms with van der Waals surface area (Å²) in [4.78, 5) is 11.9. The normalized spacial score (nSPS) is 17.9. The third-order valence-electron chi connectivity index (χ3n) is 3.25. The van der Waals surface area contributed by atoms with E-state index in [1.54, 1.807) is 0 Å². The van der Waals surface area contributed by atoms with Crippen LogP contribution in [0.3, 0.4) is 0 Å². The van der Waals surface area contributed by atoms with Crippen molar-refractivity contribution in [1.82, 2.24) is 0 Å². The van der Waals surface area contributed by atoms with Crippen LogP contribution in [0.25, 0.3) is 0 Å². The molecule has 0 fully saturated rings. The average molecular weight is 368 g/mol. The number of benzene rings is 1. The van der Waals surface area contributed by atoms with Gasteiger partial charge in [0.1, 0.15) is 5.75 Å². The van der Waals surface area contributed by atoms with E-state index in [0.717, 1.165) is 24.5 Å². The Labute approximate surface area is 127 Å². The molecule has 0 saturated heterocycles. The van der Waals surface area contributed by atoms with Gasteiger partial charge in [0, 0.05) is 24.3 Å². The number of fused-ring (bicyclic) bond motifs is 1. The molecular formula is C11H12O8S3. The number of hydrogen-bond acceptors (Lipinski definition) is 8. The minimum absolute atomic E-state index is 0.225. The van der Waals surface area contributed by atoms with Gasteiger partial charge in [-0.1, -0.05) is 6.07 Å². The Kier molecular flexibility index (Phi) is 3.47. The molecule has 1 heterocycles. The molecule has 0 spiro atoms. The van der Waals surface area contributed by atoms with E-state index in [1.165, 1.54) is 0 Å². The van der Waals surface area contributed by atoms with Gasteiger partial charge in [-0.3, -0.25) is 0 Å². The molecule has 22 heavy (non-hydrogen) atoms. The number of ether oxygens (including phenoxy) is 1. The second-order valence-corrected chi connectivity index (χ2v) is 11.6. The molecule has 0 aliphatic carbocycles. The van der Waals surface area contributed by atoms with Crippen LogP contribution >= 0.6 is 0 Å². The van der Waals surface area contributed by atoms with Gasteiger partial charge in [-0.25, -0.2) is 30.0 Å². The van der Waals surface area contributed by atoms with E-state index in [-0.39, 0.29) is 4.90 Å². The maximum atomic E-state index is 12.1. The molecule has 1 aliphatic rings. The zero-order valence-corrected chi connectivity index (χ0v) is 14.2. The van der Waals surface area contributed by atoms with Crippen molar-refractivity contribution < 1.29 is 34.8 Å². The number of sulfone groups is 3.